The van der Waals surface area contributed by atoms with Gasteiger partial charge in [-0.3, -0.25) is 4.79 Å². The number of aromatic nitrogens is 3. The van der Waals surface area contributed by atoms with E-state index < -0.39 is 0 Å². The molecule has 0 aliphatic carbocycles. The first-order chi connectivity index (χ1) is 7.18. The SMILES string of the molecule is CC(=O)NCc1c(O)nn2cccnc12. The molecule has 0 bridgehead atoms. The summed E-state index contributed by atoms with van der Waals surface area (Å²) in [5, 5.41) is 16.0. The van der Waals surface area contributed by atoms with Gasteiger partial charge < -0.3 is 10.4 Å². The van der Waals surface area contributed by atoms with Crippen molar-refractivity contribution in [2.45, 2.75) is 13.5 Å². The van der Waals surface area contributed by atoms with Crippen molar-refractivity contribution < 1.29 is 9.90 Å². The minimum absolute atomic E-state index is 0.109. The first-order valence-corrected chi connectivity index (χ1v) is 4.44. The second kappa shape index (κ2) is 3.56. The number of hydrogen-bond donors (Lipinski definition) is 2. The number of nitrogens with zero attached hydrogens (tertiary/aromatic N) is 3. The summed E-state index contributed by atoms with van der Waals surface area (Å²) in [6, 6.07) is 1.71. The Morgan fingerprint density at radius 2 is 2.47 bits per heavy atom. The smallest absolute Gasteiger partial charge is 0.238 e. The molecule has 2 aromatic rings. The monoisotopic (exact) mass is 206 g/mol. The third-order valence-corrected chi connectivity index (χ3v) is 1.98. The van der Waals surface area contributed by atoms with Gasteiger partial charge in [0.1, 0.15) is 0 Å². The van der Waals surface area contributed by atoms with E-state index >= 15 is 0 Å². The number of nitrogens with one attached hydrogen (secondary N) is 1. The Bertz CT molecular complexity index is 506. The number of carbonyl (C=O) groups is 1. The summed E-state index contributed by atoms with van der Waals surface area (Å²) < 4.78 is 1.46. The molecule has 2 rings (SSSR count). The van der Waals surface area contributed by atoms with E-state index in [1.54, 1.807) is 18.5 Å². The van der Waals surface area contributed by atoms with Crippen molar-refractivity contribution in [2.24, 2.45) is 0 Å². The quantitative estimate of drug-likeness (QED) is 0.728. The van der Waals surface area contributed by atoms with Crippen LogP contribution in [0.2, 0.25) is 0 Å². The highest BCUT2D eigenvalue weighted by atomic mass is 16.3. The van der Waals surface area contributed by atoms with Gasteiger partial charge in [0.15, 0.2) is 5.65 Å². The molecule has 0 radical (unpaired) electrons. The summed E-state index contributed by atoms with van der Waals surface area (Å²) in [6.07, 6.45) is 3.28. The summed E-state index contributed by atoms with van der Waals surface area (Å²) in [5.74, 6) is -0.271. The van der Waals surface area contributed by atoms with Crippen LogP contribution in [0.3, 0.4) is 0 Å². The average molecular weight is 206 g/mol. The summed E-state index contributed by atoms with van der Waals surface area (Å²) in [6.45, 7) is 1.64. The summed E-state index contributed by atoms with van der Waals surface area (Å²) >= 11 is 0. The zero-order valence-electron chi connectivity index (χ0n) is 8.14. The summed E-state index contributed by atoms with van der Waals surface area (Å²) in [7, 11) is 0. The van der Waals surface area contributed by atoms with E-state index in [1.165, 1.54) is 11.4 Å². The van der Waals surface area contributed by atoms with Gasteiger partial charge in [-0.05, 0) is 6.07 Å². The molecule has 0 aliphatic rings. The Morgan fingerprint density at radius 3 is 3.20 bits per heavy atom. The summed E-state index contributed by atoms with van der Waals surface area (Å²) in [5.41, 5.74) is 1.06. The Balaban J connectivity index is 2.40. The number of amides is 1. The number of fused-ring (bicyclic) bond motifs is 1. The van der Waals surface area contributed by atoms with Crippen LogP contribution in [0.1, 0.15) is 12.5 Å². The fourth-order valence-electron chi connectivity index (χ4n) is 1.29. The molecular weight excluding hydrogens is 196 g/mol. The van der Waals surface area contributed by atoms with Crippen LogP contribution in [0.5, 0.6) is 5.88 Å². The standard InChI is InChI=1S/C9H10N4O2/c1-6(14)11-5-7-8-10-3-2-4-13(8)12-9(7)15/h2-4H,5H2,1H3,(H,11,14)(H,12,15). The van der Waals surface area contributed by atoms with Gasteiger partial charge in [0.2, 0.25) is 11.8 Å². The predicted molar refractivity (Wildman–Crippen MR) is 52.2 cm³/mol. The van der Waals surface area contributed by atoms with Crippen LogP contribution >= 0.6 is 0 Å². The zero-order chi connectivity index (χ0) is 10.8. The Kier molecular flexibility index (Phi) is 2.24. The highest BCUT2D eigenvalue weighted by Crippen LogP contribution is 2.18. The van der Waals surface area contributed by atoms with Crippen molar-refractivity contribution in [3.63, 3.8) is 0 Å². The third-order valence-electron chi connectivity index (χ3n) is 1.98. The molecule has 2 aromatic heterocycles. The predicted octanol–water partition coefficient (Wildman–Crippen LogP) is 0.0710. The number of hydrogen-bond acceptors (Lipinski definition) is 4. The van der Waals surface area contributed by atoms with Crippen molar-refractivity contribution in [1.82, 2.24) is 19.9 Å². The maximum atomic E-state index is 10.7. The lowest BCUT2D eigenvalue weighted by molar-refractivity contribution is -0.119. The molecule has 0 saturated heterocycles. The molecule has 0 fully saturated rings. The number of rotatable bonds is 2. The van der Waals surface area contributed by atoms with Gasteiger partial charge in [0.25, 0.3) is 0 Å². The van der Waals surface area contributed by atoms with E-state index in [4.69, 9.17) is 0 Å². The Hall–Kier alpha value is -2.11. The van der Waals surface area contributed by atoms with Gasteiger partial charge in [-0.2, -0.15) is 0 Å². The van der Waals surface area contributed by atoms with Crippen LogP contribution in [0, 0.1) is 0 Å². The lowest BCUT2D eigenvalue weighted by atomic mass is 10.3. The average Bonchev–Trinajstić information content (AvgIpc) is 2.50. The van der Waals surface area contributed by atoms with Crippen molar-refractivity contribution in [3.8, 4) is 5.88 Å². The van der Waals surface area contributed by atoms with E-state index in [1.807, 2.05) is 0 Å². The van der Waals surface area contributed by atoms with Gasteiger partial charge in [-0.15, -0.1) is 5.10 Å². The van der Waals surface area contributed by atoms with Gasteiger partial charge in [0, 0.05) is 19.3 Å². The Morgan fingerprint density at radius 1 is 1.67 bits per heavy atom. The molecule has 2 heterocycles. The largest absolute Gasteiger partial charge is 0.492 e. The molecule has 6 heteroatoms. The molecule has 0 spiro atoms. The van der Waals surface area contributed by atoms with Gasteiger partial charge >= 0.3 is 0 Å². The van der Waals surface area contributed by atoms with Crippen LogP contribution in [-0.2, 0) is 11.3 Å². The molecule has 0 aliphatic heterocycles. The van der Waals surface area contributed by atoms with Crippen LogP contribution in [-0.4, -0.2) is 25.6 Å². The molecule has 2 N–H and O–H groups in total. The first-order valence-electron chi connectivity index (χ1n) is 4.44. The highest BCUT2D eigenvalue weighted by molar-refractivity contribution is 5.73. The van der Waals surface area contributed by atoms with Gasteiger partial charge in [0.05, 0.1) is 12.1 Å². The van der Waals surface area contributed by atoms with E-state index in [9.17, 15) is 9.90 Å². The molecule has 0 saturated carbocycles. The zero-order valence-corrected chi connectivity index (χ0v) is 8.14. The lowest BCUT2D eigenvalue weighted by Gasteiger charge is -1.99. The molecule has 1 amide bonds. The second-order valence-electron chi connectivity index (χ2n) is 3.10. The van der Waals surface area contributed by atoms with Crippen LogP contribution in [0.15, 0.2) is 18.5 Å². The lowest BCUT2D eigenvalue weighted by Crippen LogP contribution is -2.18. The minimum atomic E-state index is -0.162. The third kappa shape index (κ3) is 1.74. The van der Waals surface area contributed by atoms with E-state index in [-0.39, 0.29) is 18.3 Å². The fourth-order valence-corrected chi connectivity index (χ4v) is 1.29. The highest BCUT2D eigenvalue weighted by Gasteiger charge is 2.12. The maximum Gasteiger partial charge on any atom is 0.238 e. The van der Waals surface area contributed by atoms with Crippen LogP contribution in [0.4, 0.5) is 0 Å². The molecule has 15 heavy (non-hydrogen) atoms. The normalized spacial score (nSPS) is 10.5. The topological polar surface area (TPSA) is 79.5 Å². The van der Waals surface area contributed by atoms with E-state index in [0.29, 0.717) is 11.2 Å². The molecule has 78 valence electrons. The van der Waals surface area contributed by atoms with Gasteiger partial charge in [-0.1, -0.05) is 0 Å². The van der Waals surface area contributed by atoms with E-state index in [0.717, 1.165) is 0 Å². The summed E-state index contributed by atoms with van der Waals surface area (Å²) in [4.78, 5) is 14.8. The molecule has 0 unspecified atom stereocenters. The number of aromatic hydroxyl groups is 1. The van der Waals surface area contributed by atoms with Crippen molar-refractivity contribution in [1.29, 1.82) is 0 Å². The van der Waals surface area contributed by atoms with Crippen molar-refractivity contribution in [3.05, 3.63) is 24.0 Å². The van der Waals surface area contributed by atoms with Crippen LogP contribution < -0.4 is 5.32 Å². The Labute approximate surface area is 85.6 Å². The maximum absolute atomic E-state index is 10.7. The molecule has 0 aromatic carbocycles. The molecule has 6 nitrogen and oxygen atoms in total. The van der Waals surface area contributed by atoms with Gasteiger partial charge in [-0.25, -0.2) is 9.50 Å². The van der Waals surface area contributed by atoms with Crippen molar-refractivity contribution >= 4 is 11.6 Å². The van der Waals surface area contributed by atoms with Crippen molar-refractivity contribution in [2.75, 3.05) is 0 Å². The number of carbonyl (C=O) groups excluding carboxylic acids is 1. The van der Waals surface area contributed by atoms with E-state index in [2.05, 4.69) is 15.4 Å². The molecule has 0 atom stereocenters. The first kappa shape index (κ1) is 9.45. The minimum Gasteiger partial charge on any atom is -0.492 e. The fraction of sp³-hybridized carbons (Fsp3) is 0.222. The van der Waals surface area contributed by atoms with Crippen LogP contribution in [0.25, 0.3) is 5.65 Å². The second-order valence-corrected chi connectivity index (χ2v) is 3.10. The molecular formula is C9H10N4O2.